The number of thiophene rings is 1. The zero-order chi connectivity index (χ0) is 14.6. The van der Waals surface area contributed by atoms with E-state index in [2.05, 4.69) is 16.5 Å². The highest BCUT2D eigenvalue weighted by Gasteiger charge is 2.21. The minimum Gasteiger partial charge on any atom is -0.391 e. The Labute approximate surface area is 124 Å². The van der Waals surface area contributed by atoms with Crippen LogP contribution in [-0.4, -0.2) is 44.6 Å². The Morgan fingerprint density at radius 2 is 2.15 bits per heavy atom. The van der Waals surface area contributed by atoms with Crippen molar-refractivity contribution in [1.29, 1.82) is 0 Å². The van der Waals surface area contributed by atoms with Crippen molar-refractivity contribution < 1.29 is 13.5 Å². The fraction of sp³-hybridized carbons (Fsp3) is 0.692. The van der Waals surface area contributed by atoms with Crippen LogP contribution < -0.4 is 4.72 Å². The molecule has 0 amide bonds. The average molecular weight is 318 g/mol. The van der Waals surface area contributed by atoms with Crippen molar-refractivity contribution in [2.24, 2.45) is 5.92 Å². The summed E-state index contributed by atoms with van der Waals surface area (Å²) in [6, 6.07) is 1.55. The zero-order valence-corrected chi connectivity index (χ0v) is 13.3. The third kappa shape index (κ3) is 4.02. The quantitative estimate of drug-likeness (QED) is 0.794. The monoisotopic (exact) mass is 318 g/mol. The lowest BCUT2D eigenvalue weighted by atomic mass is 10.2. The maximum Gasteiger partial charge on any atom is 0.241 e. The summed E-state index contributed by atoms with van der Waals surface area (Å²) in [5.74, 6) is 0.277. The first-order valence-electron chi connectivity index (χ1n) is 6.92. The lowest BCUT2D eigenvalue weighted by molar-refractivity contribution is 0.282. The van der Waals surface area contributed by atoms with Gasteiger partial charge in [0.05, 0.1) is 11.5 Å². The number of nitrogens with one attached hydrogen (secondary N) is 1. The molecule has 114 valence electrons. The molecule has 2 rings (SSSR count). The average Bonchev–Trinajstić information content (AvgIpc) is 3.07. The third-order valence-corrected chi connectivity index (χ3v) is 6.07. The van der Waals surface area contributed by atoms with Gasteiger partial charge in [0.1, 0.15) is 0 Å². The van der Waals surface area contributed by atoms with Crippen LogP contribution in [0, 0.1) is 5.92 Å². The van der Waals surface area contributed by atoms with Crippen LogP contribution in [0.3, 0.4) is 0 Å². The maximum absolute atomic E-state index is 12.2. The second-order valence-corrected chi connectivity index (χ2v) is 8.07. The van der Waals surface area contributed by atoms with E-state index in [0.29, 0.717) is 11.4 Å². The van der Waals surface area contributed by atoms with Crippen LogP contribution in [0.25, 0.3) is 0 Å². The van der Waals surface area contributed by atoms with Gasteiger partial charge in [0.2, 0.25) is 10.0 Å². The number of sulfonamides is 1. The number of hydrogen-bond acceptors (Lipinski definition) is 5. The molecule has 7 heteroatoms. The van der Waals surface area contributed by atoms with E-state index in [9.17, 15) is 8.42 Å². The molecule has 1 unspecified atom stereocenters. The number of aliphatic hydroxyl groups is 1. The Bertz CT molecular complexity index is 521. The van der Waals surface area contributed by atoms with Crippen LogP contribution in [0.1, 0.15) is 24.6 Å². The molecule has 1 atom stereocenters. The number of rotatable bonds is 7. The van der Waals surface area contributed by atoms with Crippen LogP contribution in [0.2, 0.25) is 0 Å². The van der Waals surface area contributed by atoms with E-state index in [1.807, 2.05) is 0 Å². The standard InChI is InChI=1S/C13H22N2O3S2/c1-11(9-15-5-2-3-6-15)8-14-20(17,18)13-4-7-19-12(13)10-16/h4,7,11,14,16H,2-3,5-6,8-10H2,1H3. The van der Waals surface area contributed by atoms with Crippen molar-refractivity contribution in [3.63, 3.8) is 0 Å². The van der Waals surface area contributed by atoms with E-state index < -0.39 is 10.0 Å². The number of nitrogens with zero attached hydrogens (tertiary/aromatic N) is 1. The fourth-order valence-corrected chi connectivity index (χ4v) is 4.94. The molecule has 2 N–H and O–H groups in total. The Kier molecular flexibility index (Phi) is 5.57. The number of aliphatic hydroxyl groups excluding tert-OH is 1. The molecule has 0 spiro atoms. The van der Waals surface area contributed by atoms with E-state index in [1.54, 1.807) is 11.4 Å². The molecule has 0 aromatic carbocycles. The molecule has 0 bridgehead atoms. The molecule has 1 aromatic rings. The van der Waals surface area contributed by atoms with Gasteiger partial charge in [0.25, 0.3) is 0 Å². The van der Waals surface area contributed by atoms with Gasteiger partial charge in [-0.05, 0) is 43.3 Å². The highest BCUT2D eigenvalue weighted by atomic mass is 32.2. The van der Waals surface area contributed by atoms with E-state index in [-0.39, 0.29) is 17.4 Å². The predicted octanol–water partition coefficient (Wildman–Crippen LogP) is 1.25. The smallest absolute Gasteiger partial charge is 0.241 e. The van der Waals surface area contributed by atoms with E-state index in [0.717, 1.165) is 19.6 Å². The first-order chi connectivity index (χ1) is 9.53. The van der Waals surface area contributed by atoms with Crippen LogP contribution in [-0.2, 0) is 16.6 Å². The van der Waals surface area contributed by atoms with E-state index >= 15 is 0 Å². The Morgan fingerprint density at radius 3 is 2.80 bits per heavy atom. The summed E-state index contributed by atoms with van der Waals surface area (Å²) in [6.07, 6.45) is 2.49. The molecule has 1 aliphatic rings. The summed E-state index contributed by atoms with van der Waals surface area (Å²) >= 11 is 1.26. The van der Waals surface area contributed by atoms with Crippen LogP contribution in [0.5, 0.6) is 0 Å². The molecule has 2 heterocycles. The second-order valence-electron chi connectivity index (χ2n) is 5.33. The van der Waals surface area contributed by atoms with E-state index in [1.165, 1.54) is 24.2 Å². The topological polar surface area (TPSA) is 69.6 Å². The molecule has 0 saturated carbocycles. The van der Waals surface area contributed by atoms with Crippen LogP contribution >= 0.6 is 11.3 Å². The van der Waals surface area contributed by atoms with Crippen molar-refractivity contribution in [2.45, 2.75) is 31.3 Å². The molecule has 1 aromatic heterocycles. The first-order valence-corrected chi connectivity index (χ1v) is 9.28. The molecule has 1 aliphatic heterocycles. The molecule has 1 saturated heterocycles. The summed E-state index contributed by atoms with van der Waals surface area (Å²) in [5, 5.41) is 10.8. The van der Waals surface area contributed by atoms with E-state index in [4.69, 9.17) is 5.11 Å². The largest absolute Gasteiger partial charge is 0.391 e. The number of hydrogen-bond donors (Lipinski definition) is 2. The van der Waals surface area contributed by atoms with Crippen molar-refractivity contribution in [3.8, 4) is 0 Å². The minimum absolute atomic E-state index is 0.207. The first kappa shape index (κ1) is 15.9. The van der Waals surface area contributed by atoms with Gasteiger partial charge in [-0.1, -0.05) is 6.92 Å². The molecule has 20 heavy (non-hydrogen) atoms. The molecular weight excluding hydrogens is 296 g/mol. The Balaban J connectivity index is 1.88. The zero-order valence-electron chi connectivity index (χ0n) is 11.7. The van der Waals surface area contributed by atoms with Gasteiger partial charge in [0, 0.05) is 18.0 Å². The fourth-order valence-electron chi connectivity index (χ4n) is 2.48. The lowest BCUT2D eigenvalue weighted by Gasteiger charge is -2.20. The maximum atomic E-state index is 12.2. The van der Waals surface area contributed by atoms with Crippen molar-refractivity contribution in [1.82, 2.24) is 9.62 Å². The van der Waals surface area contributed by atoms with Crippen LogP contribution in [0.4, 0.5) is 0 Å². The Hall–Kier alpha value is -0.470. The SMILES string of the molecule is CC(CNS(=O)(=O)c1ccsc1CO)CN1CCCC1. The molecule has 0 radical (unpaired) electrons. The summed E-state index contributed by atoms with van der Waals surface area (Å²) in [6.45, 7) is 5.42. The van der Waals surface area contributed by atoms with Crippen LogP contribution in [0.15, 0.2) is 16.3 Å². The second kappa shape index (κ2) is 7.00. The van der Waals surface area contributed by atoms with Gasteiger partial charge >= 0.3 is 0 Å². The minimum atomic E-state index is -3.51. The predicted molar refractivity (Wildman–Crippen MR) is 80.3 cm³/mol. The highest BCUT2D eigenvalue weighted by Crippen LogP contribution is 2.21. The van der Waals surface area contributed by atoms with Crippen molar-refractivity contribution in [3.05, 3.63) is 16.3 Å². The summed E-state index contributed by atoms with van der Waals surface area (Å²) in [7, 11) is -3.51. The van der Waals surface area contributed by atoms with Crippen molar-refractivity contribution in [2.75, 3.05) is 26.2 Å². The summed E-state index contributed by atoms with van der Waals surface area (Å²) in [5.41, 5.74) is 0. The third-order valence-electron chi connectivity index (χ3n) is 3.53. The highest BCUT2D eigenvalue weighted by molar-refractivity contribution is 7.89. The number of likely N-dealkylation sites (tertiary alicyclic amines) is 1. The van der Waals surface area contributed by atoms with Gasteiger partial charge < -0.3 is 10.0 Å². The molecule has 0 aliphatic carbocycles. The molecular formula is C13H22N2O3S2. The molecule has 1 fully saturated rings. The van der Waals surface area contributed by atoms with Crippen molar-refractivity contribution >= 4 is 21.4 Å². The summed E-state index contributed by atoms with van der Waals surface area (Å²) in [4.78, 5) is 3.07. The normalized spacial score (nSPS) is 18.5. The lowest BCUT2D eigenvalue weighted by Crippen LogP contribution is -2.34. The molecule has 5 nitrogen and oxygen atoms in total. The van der Waals surface area contributed by atoms with Gasteiger partial charge in [-0.15, -0.1) is 11.3 Å². The van der Waals surface area contributed by atoms with Gasteiger partial charge in [-0.3, -0.25) is 0 Å². The van der Waals surface area contributed by atoms with Gasteiger partial charge in [-0.25, -0.2) is 13.1 Å². The Morgan fingerprint density at radius 1 is 1.45 bits per heavy atom. The van der Waals surface area contributed by atoms with Gasteiger partial charge in [0.15, 0.2) is 0 Å². The summed E-state index contributed by atoms with van der Waals surface area (Å²) < 4.78 is 27.0. The van der Waals surface area contributed by atoms with Gasteiger partial charge in [-0.2, -0.15) is 0 Å².